The van der Waals surface area contributed by atoms with Gasteiger partial charge in [-0.3, -0.25) is 10.1 Å². The van der Waals surface area contributed by atoms with E-state index < -0.39 is 0 Å². The van der Waals surface area contributed by atoms with Crippen LogP contribution < -0.4 is 5.32 Å². The normalized spacial score (nSPS) is 18.7. The third-order valence-corrected chi connectivity index (χ3v) is 4.82. The monoisotopic (exact) mass is 268 g/mol. The summed E-state index contributed by atoms with van der Waals surface area (Å²) in [6, 6.07) is 3.95. The fourth-order valence-corrected chi connectivity index (χ4v) is 3.39. The number of rotatable bonds is 5. The molecule has 2 rings (SSSR count). The number of nitrogens with one attached hydrogen (secondary N) is 1. The number of hydrogen-bond donors (Lipinski definition) is 1. The van der Waals surface area contributed by atoms with Gasteiger partial charge in [0.1, 0.15) is 0 Å². The van der Waals surface area contributed by atoms with Crippen molar-refractivity contribution in [2.45, 2.75) is 51.6 Å². The van der Waals surface area contributed by atoms with Crippen LogP contribution in [0.15, 0.2) is 12.1 Å². The summed E-state index contributed by atoms with van der Waals surface area (Å²) in [5.41, 5.74) is 0. The highest BCUT2D eigenvalue weighted by Crippen LogP contribution is 2.27. The first-order valence-electron chi connectivity index (χ1n) is 6.63. The van der Waals surface area contributed by atoms with Gasteiger partial charge in [0.2, 0.25) is 0 Å². The lowest BCUT2D eigenvalue weighted by atomic mass is 9.84. The zero-order valence-corrected chi connectivity index (χ0v) is 11.5. The van der Waals surface area contributed by atoms with Crippen LogP contribution in [0.25, 0.3) is 0 Å². The highest BCUT2D eigenvalue weighted by Gasteiger charge is 2.19. The number of thiophene rings is 1. The number of nitrogens with zero attached hydrogens (tertiary/aromatic N) is 1. The molecule has 0 bridgehead atoms. The summed E-state index contributed by atoms with van der Waals surface area (Å²) in [6.07, 6.45) is 6.71. The van der Waals surface area contributed by atoms with E-state index in [0.29, 0.717) is 6.04 Å². The molecule has 1 N–H and O–H groups in total. The molecule has 0 saturated heterocycles. The molecule has 1 aromatic heterocycles. The number of hydrogen-bond acceptors (Lipinski definition) is 4. The second-order valence-electron chi connectivity index (χ2n) is 5.06. The van der Waals surface area contributed by atoms with Crippen molar-refractivity contribution in [1.82, 2.24) is 5.32 Å². The van der Waals surface area contributed by atoms with Crippen molar-refractivity contribution in [1.29, 1.82) is 0 Å². The Bertz CT molecular complexity index is 399. The summed E-state index contributed by atoms with van der Waals surface area (Å²) < 4.78 is 0. The van der Waals surface area contributed by atoms with Crippen LogP contribution in [-0.2, 0) is 6.54 Å². The maximum atomic E-state index is 10.6. The van der Waals surface area contributed by atoms with E-state index in [4.69, 9.17) is 0 Å². The molecule has 100 valence electrons. The summed E-state index contributed by atoms with van der Waals surface area (Å²) in [7, 11) is 0. The van der Waals surface area contributed by atoms with E-state index in [1.54, 1.807) is 6.07 Å². The highest BCUT2D eigenvalue weighted by molar-refractivity contribution is 7.15. The molecule has 0 amide bonds. The minimum atomic E-state index is -0.321. The number of nitro groups is 1. The molecule has 1 aromatic rings. The van der Waals surface area contributed by atoms with Gasteiger partial charge in [-0.2, -0.15) is 0 Å². The zero-order chi connectivity index (χ0) is 13.0. The molecule has 0 aliphatic heterocycles. The molecule has 5 heteroatoms. The molecule has 4 nitrogen and oxygen atoms in total. The molecule has 1 unspecified atom stereocenters. The predicted octanol–water partition coefficient (Wildman–Crippen LogP) is 3.71. The van der Waals surface area contributed by atoms with Crippen LogP contribution in [0.4, 0.5) is 5.00 Å². The molecule has 1 saturated carbocycles. The van der Waals surface area contributed by atoms with Crippen LogP contribution in [0.5, 0.6) is 0 Å². The first-order chi connectivity index (χ1) is 8.66. The van der Waals surface area contributed by atoms with Crippen LogP contribution in [0.3, 0.4) is 0 Å². The average Bonchev–Trinajstić information content (AvgIpc) is 2.86. The molecule has 0 spiro atoms. The van der Waals surface area contributed by atoms with E-state index in [1.165, 1.54) is 43.4 Å². The fraction of sp³-hybridized carbons (Fsp3) is 0.692. The second-order valence-corrected chi connectivity index (χ2v) is 6.21. The van der Waals surface area contributed by atoms with Crippen LogP contribution in [-0.4, -0.2) is 11.0 Å². The van der Waals surface area contributed by atoms with Gasteiger partial charge in [0.25, 0.3) is 0 Å². The Hall–Kier alpha value is -0.940. The van der Waals surface area contributed by atoms with Crippen molar-refractivity contribution in [3.05, 3.63) is 27.1 Å². The van der Waals surface area contributed by atoms with E-state index in [1.807, 2.05) is 6.07 Å². The SMILES string of the molecule is CC(NCc1ccc([N+](=O)[O-])s1)C1CCCCC1. The Balaban J connectivity index is 1.80. The van der Waals surface area contributed by atoms with Crippen LogP contribution in [0, 0.1) is 16.0 Å². The van der Waals surface area contributed by atoms with Crippen LogP contribution in [0.1, 0.15) is 43.9 Å². The van der Waals surface area contributed by atoms with Gasteiger partial charge in [-0.25, -0.2) is 0 Å². The Morgan fingerprint density at radius 2 is 2.17 bits per heavy atom. The summed E-state index contributed by atoms with van der Waals surface area (Å²) in [5.74, 6) is 0.772. The van der Waals surface area contributed by atoms with Gasteiger partial charge in [-0.05, 0) is 31.7 Å². The van der Waals surface area contributed by atoms with Crippen molar-refractivity contribution >= 4 is 16.3 Å². The molecule has 1 aliphatic carbocycles. The molecular weight excluding hydrogens is 248 g/mol. The van der Waals surface area contributed by atoms with Gasteiger partial charge in [0, 0.05) is 23.5 Å². The van der Waals surface area contributed by atoms with E-state index in [-0.39, 0.29) is 9.92 Å². The van der Waals surface area contributed by atoms with E-state index in [0.717, 1.165) is 17.3 Å². The summed E-state index contributed by atoms with van der Waals surface area (Å²) in [5, 5.41) is 14.3. The van der Waals surface area contributed by atoms with Crippen LogP contribution >= 0.6 is 11.3 Å². The van der Waals surface area contributed by atoms with E-state index >= 15 is 0 Å². The van der Waals surface area contributed by atoms with Gasteiger partial charge in [0.05, 0.1) is 4.92 Å². The van der Waals surface area contributed by atoms with Gasteiger partial charge >= 0.3 is 5.00 Å². The highest BCUT2D eigenvalue weighted by atomic mass is 32.1. The molecule has 0 radical (unpaired) electrons. The van der Waals surface area contributed by atoms with E-state index in [9.17, 15) is 10.1 Å². The maximum absolute atomic E-state index is 10.6. The first-order valence-corrected chi connectivity index (χ1v) is 7.45. The lowest BCUT2D eigenvalue weighted by Crippen LogP contribution is -2.33. The second kappa shape index (κ2) is 6.29. The smallest absolute Gasteiger partial charge is 0.309 e. The van der Waals surface area contributed by atoms with Crippen LogP contribution in [0.2, 0.25) is 0 Å². The summed E-state index contributed by atoms with van der Waals surface area (Å²) in [4.78, 5) is 11.3. The van der Waals surface area contributed by atoms with E-state index in [2.05, 4.69) is 12.2 Å². The molecule has 18 heavy (non-hydrogen) atoms. The fourth-order valence-electron chi connectivity index (χ4n) is 2.62. The molecule has 1 heterocycles. The van der Waals surface area contributed by atoms with Crippen molar-refractivity contribution in [3.8, 4) is 0 Å². The molecule has 0 aromatic carbocycles. The minimum absolute atomic E-state index is 0.233. The standard InChI is InChI=1S/C13H20N2O2S/c1-10(11-5-3-2-4-6-11)14-9-12-7-8-13(18-12)15(16)17/h7-8,10-11,14H,2-6,9H2,1H3. The Morgan fingerprint density at radius 1 is 1.44 bits per heavy atom. The third kappa shape index (κ3) is 3.53. The Morgan fingerprint density at radius 3 is 2.78 bits per heavy atom. The van der Waals surface area contributed by atoms with Gasteiger partial charge < -0.3 is 5.32 Å². The van der Waals surface area contributed by atoms with Crippen molar-refractivity contribution < 1.29 is 4.92 Å². The molecule has 1 fully saturated rings. The summed E-state index contributed by atoms with van der Waals surface area (Å²) >= 11 is 1.27. The molecule has 1 aliphatic rings. The summed E-state index contributed by atoms with van der Waals surface area (Å²) in [6.45, 7) is 2.98. The zero-order valence-electron chi connectivity index (χ0n) is 10.7. The average molecular weight is 268 g/mol. The maximum Gasteiger partial charge on any atom is 0.324 e. The first kappa shape index (κ1) is 13.5. The topological polar surface area (TPSA) is 55.2 Å². The largest absolute Gasteiger partial charge is 0.324 e. The lowest BCUT2D eigenvalue weighted by Gasteiger charge is -2.28. The third-order valence-electron chi connectivity index (χ3n) is 3.78. The lowest BCUT2D eigenvalue weighted by molar-refractivity contribution is -0.380. The Kier molecular flexibility index (Phi) is 4.72. The van der Waals surface area contributed by atoms with Gasteiger partial charge in [-0.1, -0.05) is 30.6 Å². The minimum Gasteiger partial charge on any atom is -0.309 e. The van der Waals surface area contributed by atoms with Crippen molar-refractivity contribution in [3.63, 3.8) is 0 Å². The van der Waals surface area contributed by atoms with Gasteiger partial charge in [0.15, 0.2) is 0 Å². The van der Waals surface area contributed by atoms with Crippen molar-refractivity contribution in [2.24, 2.45) is 5.92 Å². The Labute approximate surface area is 112 Å². The van der Waals surface area contributed by atoms with Crippen molar-refractivity contribution in [2.75, 3.05) is 0 Å². The van der Waals surface area contributed by atoms with Gasteiger partial charge in [-0.15, -0.1) is 0 Å². The molecule has 1 atom stereocenters. The molecular formula is C13H20N2O2S. The quantitative estimate of drug-likeness (QED) is 0.654. The predicted molar refractivity (Wildman–Crippen MR) is 73.9 cm³/mol.